The molecule has 0 unspecified atom stereocenters. The maximum atomic E-state index is 12.8. The molecule has 9 nitrogen and oxygen atoms in total. The summed E-state index contributed by atoms with van der Waals surface area (Å²) in [4.78, 5) is 25.9. The summed E-state index contributed by atoms with van der Waals surface area (Å²) in [7, 11) is -3.02. The maximum Gasteiger partial charge on any atom is 0.445 e. The smallest absolute Gasteiger partial charge is 0.265 e. The molecule has 0 bridgehead atoms. The highest BCUT2D eigenvalue weighted by molar-refractivity contribution is 7.91. The average Bonchev–Trinajstić information content (AvgIpc) is 3.13. The van der Waals surface area contributed by atoms with Crippen LogP contribution >= 0.6 is 11.3 Å². The second-order valence-corrected chi connectivity index (χ2v) is 9.70. The van der Waals surface area contributed by atoms with Crippen molar-refractivity contribution in [2.75, 3.05) is 5.75 Å². The number of alkyl halides is 6. The van der Waals surface area contributed by atoms with Gasteiger partial charge in [0.2, 0.25) is 9.81 Å². The molecule has 3 rings (SSSR count). The molecule has 0 N–H and O–H groups in total. The van der Waals surface area contributed by atoms with Gasteiger partial charge in [-0.3, -0.25) is 4.79 Å². The molecular weight excluding hydrogens is 514 g/mol. The van der Waals surface area contributed by atoms with Gasteiger partial charge in [-0.25, -0.2) is 28.1 Å². The van der Waals surface area contributed by atoms with Crippen molar-refractivity contribution in [3.05, 3.63) is 45.7 Å². The molecule has 0 fully saturated rings. The summed E-state index contributed by atoms with van der Waals surface area (Å²) in [6.07, 6.45) is -7.55. The predicted molar refractivity (Wildman–Crippen MR) is 104 cm³/mol. The van der Waals surface area contributed by atoms with Gasteiger partial charge < -0.3 is 0 Å². The van der Waals surface area contributed by atoms with Gasteiger partial charge in [-0.05, 0) is 6.07 Å². The Morgan fingerprint density at radius 2 is 1.68 bits per heavy atom. The number of amides is 1. The molecule has 3 aromatic heterocycles. The van der Waals surface area contributed by atoms with E-state index in [1.165, 1.54) is 6.92 Å². The van der Waals surface area contributed by atoms with Gasteiger partial charge in [0.15, 0.2) is 15.7 Å². The van der Waals surface area contributed by atoms with Crippen LogP contribution in [0.4, 0.5) is 26.3 Å². The van der Waals surface area contributed by atoms with Crippen molar-refractivity contribution in [1.29, 1.82) is 0 Å². The molecule has 3 aromatic rings. The Morgan fingerprint density at radius 3 is 2.18 bits per heavy atom. The minimum absolute atomic E-state index is 0.0621. The van der Waals surface area contributed by atoms with E-state index in [-0.39, 0.29) is 22.7 Å². The molecule has 0 spiro atoms. The van der Waals surface area contributed by atoms with E-state index in [9.17, 15) is 39.6 Å². The van der Waals surface area contributed by atoms with Crippen LogP contribution in [0.2, 0.25) is 0 Å². The fourth-order valence-corrected chi connectivity index (χ4v) is 4.25. The van der Waals surface area contributed by atoms with Crippen molar-refractivity contribution in [3.63, 3.8) is 0 Å². The van der Waals surface area contributed by atoms with Gasteiger partial charge in [-0.2, -0.15) is 36.4 Å². The molecule has 1 amide bonds. The molecule has 0 atom stereocenters. The van der Waals surface area contributed by atoms with Gasteiger partial charge in [-0.1, -0.05) is 18.3 Å². The van der Waals surface area contributed by atoms with Gasteiger partial charge in [0.25, 0.3) is 5.91 Å². The summed E-state index contributed by atoms with van der Waals surface area (Å²) in [6, 6.07) is 0.936. The molecule has 34 heavy (non-hydrogen) atoms. The Kier molecular flexibility index (Phi) is 6.62. The van der Waals surface area contributed by atoms with E-state index in [0.717, 1.165) is 19.3 Å². The highest BCUT2D eigenvalue weighted by Crippen LogP contribution is 2.30. The van der Waals surface area contributed by atoms with Crippen molar-refractivity contribution < 1.29 is 39.6 Å². The van der Waals surface area contributed by atoms with E-state index in [2.05, 4.69) is 25.0 Å². The minimum atomic E-state index is -4.78. The zero-order valence-electron chi connectivity index (χ0n) is 17.0. The molecule has 0 saturated carbocycles. The Bertz CT molecular complexity index is 1410. The number of hydrogen-bond donors (Lipinski definition) is 0. The quantitative estimate of drug-likeness (QED) is 0.480. The van der Waals surface area contributed by atoms with Crippen LogP contribution in [0.3, 0.4) is 0 Å². The highest BCUT2D eigenvalue weighted by Gasteiger charge is 2.36. The van der Waals surface area contributed by atoms with Gasteiger partial charge in [0, 0.05) is 31.2 Å². The first-order valence-electron chi connectivity index (χ1n) is 8.96. The topological polar surface area (TPSA) is 120 Å². The Hall–Kier alpha value is -3.21. The van der Waals surface area contributed by atoms with E-state index in [4.69, 9.17) is 0 Å². The number of sulfone groups is 1. The van der Waals surface area contributed by atoms with Gasteiger partial charge in [-0.15, -0.1) is 0 Å². The number of carbonyl (C=O) groups is 1. The number of carbonyl (C=O) groups excluding carboxylic acids is 1. The van der Waals surface area contributed by atoms with Gasteiger partial charge >= 0.3 is 12.4 Å². The minimum Gasteiger partial charge on any atom is -0.265 e. The van der Waals surface area contributed by atoms with E-state index in [1.807, 2.05) is 0 Å². The van der Waals surface area contributed by atoms with Gasteiger partial charge in [0.05, 0.1) is 16.2 Å². The Balaban J connectivity index is 2.10. The van der Waals surface area contributed by atoms with E-state index in [0.29, 0.717) is 17.1 Å². The lowest BCUT2D eigenvalue weighted by atomic mass is 10.2. The SMILES string of the molecule is CCS(=O)(=O)c1cc(-c2ncc(C(F)(F)F)cn2)cnc1C(=O)N=c1sc(C(F)(F)F)nn1C. The zero-order chi connectivity index (χ0) is 25.5. The van der Waals surface area contributed by atoms with E-state index in [1.54, 1.807) is 0 Å². The monoisotopic (exact) mass is 526 g/mol. The van der Waals surface area contributed by atoms with Crippen molar-refractivity contribution >= 4 is 27.1 Å². The van der Waals surface area contributed by atoms with Crippen LogP contribution in [0.15, 0.2) is 34.5 Å². The number of aryl methyl sites for hydroxylation is 1. The largest absolute Gasteiger partial charge is 0.445 e. The molecule has 0 aromatic carbocycles. The third kappa shape index (κ3) is 5.30. The molecular formula is C17H12F6N6O3S2. The number of aromatic nitrogens is 5. The number of nitrogens with zero attached hydrogens (tertiary/aromatic N) is 6. The number of hydrogen-bond acceptors (Lipinski definition) is 8. The van der Waals surface area contributed by atoms with E-state index < -0.39 is 59.8 Å². The van der Waals surface area contributed by atoms with Crippen molar-refractivity contribution in [3.8, 4) is 11.4 Å². The normalized spacial score (nSPS) is 13.4. The lowest BCUT2D eigenvalue weighted by molar-refractivity contribution is -0.139. The second-order valence-electron chi connectivity index (χ2n) is 6.50. The van der Waals surface area contributed by atoms with Crippen LogP contribution in [0.1, 0.15) is 28.0 Å². The van der Waals surface area contributed by atoms with Crippen LogP contribution in [-0.2, 0) is 29.2 Å². The molecule has 0 aliphatic heterocycles. The average molecular weight is 526 g/mol. The lowest BCUT2D eigenvalue weighted by Crippen LogP contribution is -2.18. The summed E-state index contributed by atoms with van der Waals surface area (Å²) in [5, 5.41) is 1.95. The maximum absolute atomic E-state index is 12.8. The summed E-state index contributed by atoms with van der Waals surface area (Å²) in [5.74, 6) is -2.05. The van der Waals surface area contributed by atoms with Crippen LogP contribution < -0.4 is 4.80 Å². The van der Waals surface area contributed by atoms with Crippen LogP contribution in [0.25, 0.3) is 11.4 Å². The second kappa shape index (κ2) is 8.86. The van der Waals surface area contributed by atoms with Crippen molar-refractivity contribution in [2.45, 2.75) is 24.2 Å². The molecule has 17 heteroatoms. The summed E-state index contributed by atoms with van der Waals surface area (Å²) >= 11 is 0.0621. The number of halogens is 6. The van der Waals surface area contributed by atoms with Crippen molar-refractivity contribution in [1.82, 2.24) is 24.7 Å². The fraction of sp³-hybridized carbons (Fsp3) is 0.294. The van der Waals surface area contributed by atoms with Crippen molar-refractivity contribution in [2.24, 2.45) is 12.0 Å². The predicted octanol–water partition coefficient (Wildman–Crippen LogP) is 2.91. The molecule has 0 radical (unpaired) electrons. The number of pyridine rings is 1. The zero-order valence-corrected chi connectivity index (χ0v) is 18.6. The first-order valence-corrected chi connectivity index (χ1v) is 11.4. The lowest BCUT2D eigenvalue weighted by Gasteiger charge is -2.09. The molecule has 0 aliphatic rings. The van der Waals surface area contributed by atoms with Crippen LogP contribution in [0, 0.1) is 0 Å². The molecule has 0 aliphatic carbocycles. The first-order chi connectivity index (χ1) is 15.6. The summed E-state index contributed by atoms with van der Waals surface area (Å²) < 4.78 is 103. The Labute approximate surface area is 190 Å². The highest BCUT2D eigenvalue weighted by atomic mass is 32.2. The standard InChI is InChI=1S/C17H12F6N6O3S2/c1-3-34(31,32)10-4-8(12-25-6-9(7-26-12)16(18,19)20)5-24-11(10)13(30)27-15-29(2)28-14(33-15)17(21,22)23/h4-7H,3H2,1-2H3. The van der Waals surface area contributed by atoms with Crippen LogP contribution in [0.5, 0.6) is 0 Å². The summed E-state index contributed by atoms with van der Waals surface area (Å²) in [6.45, 7) is 1.26. The third-order valence-electron chi connectivity index (χ3n) is 4.15. The summed E-state index contributed by atoms with van der Waals surface area (Å²) in [5.41, 5.74) is -1.94. The van der Waals surface area contributed by atoms with Crippen LogP contribution in [-0.4, -0.2) is 44.8 Å². The molecule has 182 valence electrons. The molecule has 0 saturated heterocycles. The third-order valence-corrected chi connectivity index (χ3v) is 6.94. The number of rotatable bonds is 4. The molecule has 3 heterocycles. The van der Waals surface area contributed by atoms with Gasteiger partial charge in [0.1, 0.15) is 5.69 Å². The fourth-order valence-electron chi connectivity index (χ4n) is 2.45. The Morgan fingerprint density at radius 1 is 1.06 bits per heavy atom. The van der Waals surface area contributed by atoms with E-state index >= 15 is 0 Å². The first kappa shape index (κ1) is 25.4.